The predicted molar refractivity (Wildman–Crippen MR) is 68.2 cm³/mol. The Morgan fingerprint density at radius 1 is 1.41 bits per heavy atom. The van der Waals surface area contributed by atoms with E-state index in [4.69, 9.17) is 20.3 Å². The van der Waals surface area contributed by atoms with Gasteiger partial charge in [-0.25, -0.2) is 14.5 Å². The molecular weight excluding hydrogens is 321 g/mol. The average molecular weight is 335 g/mol. The Kier molecular flexibility index (Phi) is 4.87. The standard InChI is InChI=1S/C10H14N3O8P/c11-9(16)4-1-2-12-10(13-4)8-7(15)6(14)5(21-8)3-20-22(17,18)19/h1-2,5-8,14-15H,3H2,(H2,11,16)(H2,17,18,19)/t5-,6-,7-,8-/m1/s1. The molecular formula is C10H14N3O8P. The molecule has 1 saturated heterocycles. The number of hydrogen-bond acceptors (Lipinski definition) is 8. The molecule has 2 rings (SSSR count). The molecule has 0 saturated carbocycles. The summed E-state index contributed by atoms with van der Waals surface area (Å²) in [7, 11) is -4.74. The minimum absolute atomic E-state index is 0.0958. The summed E-state index contributed by atoms with van der Waals surface area (Å²) >= 11 is 0. The van der Waals surface area contributed by atoms with Crippen molar-refractivity contribution in [2.45, 2.75) is 24.4 Å². The number of phosphoric acid groups is 1. The second kappa shape index (κ2) is 6.34. The van der Waals surface area contributed by atoms with Gasteiger partial charge in [-0.05, 0) is 6.07 Å². The van der Waals surface area contributed by atoms with Crippen LogP contribution in [0, 0.1) is 0 Å². The highest BCUT2D eigenvalue weighted by molar-refractivity contribution is 7.46. The number of nitrogens with two attached hydrogens (primary N) is 1. The van der Waals surface area contributed by atoms with Crippen molar-refractivity contribution in [1.82, 2.24) is 9.97 Å². The molecule has 1 amide bonds. The van der Waals surface area contributed by atoms with Crippen molar-refractivity contribution in [2.75, 3.05) is 6.61 Å². The van der Waals surface area contributed by atoms with Gasteiger partial charge in [0, 0.05) is 6.20 Å². The van der Waals surface area contributed by atoms with E-state index in [1.165, 1.54) is 12.3 Å². The van der Waals surface area contributed by atoms with Gasteiger partial charge in [0.15, 0.2) is 5.82 Å². The first-order chi connectivity index (χ1) is 10.2. The molecule has 0 aliphatic carbocycles. The summed E-state index contributed by atoms with van der Waals surface area (Å²) in [5.41, 5.74) is 4.97. The van der Waals surface area contributed by atoms with E-state index in [1.54, 1.807) is 0 Å². The van der Waals surface area contributed by atoms with Gasteiger partial charge in [0.25, 0.3) is 5.91 Å². The number of hydrogen-bond donors (Lipinski definition) is 5. The van der Waals surface area contributed by atoms with Crippen LogP contribution in [-0.4, -0.2) is 60.8 Å². The van der Waals surface area contributed by atoms with E-state index < -0.39 is 44.8 Å². The molecule has 1 aliphatic heterocycles. The van der Waals surface area contributed by atoms with Gasteiger partial charge < -0.3 is 30.5 Å². The Morgan fingerprint density at radius 2 is 2.09 bits per heavy atom. The lowest BCUT2D eigenvalue weighted by atomic mass is 10.1. The smallest absolute Gasteiger partial charge is 0.387 e. The molecule has 1 aromatic rings. The molecule has 0 radical (unpaired) electrons. The number of amides is 1. The lowest BCUT2D eigenvalue weighted by Gasteiger charge is -2.14. The topological polar surface area (TPSA) is 185 Å². The number of primary amides is 1. The van der Waals surface area contributed by atoms with E-state index >= 15 is 0 Å². The zero-order chi connectivity index (χ0) is 16.5. The Labute approximate surface area is 124 Å². The average Bonchev–Trinajstić information content (AvgIpc) is 2.72. The lowest BCUT2D eigenvalue weighted by molar-refractivity contribution is -0.0248. The summed E-state index contributed by atoms with van der Waals surface area (Å²) in [6.07, 6.45) is -4.11. The first kappa shape index (κ1) is 16.9. The third-order valence-electron chi connectivity index (χ3n) is 2.95. The van der Waals surface area contributed by atoms with Crippen LogP contribution in [0.3, 0.4) is 0 Å². The monoisotopic (exact) mass is 335 g/mol. The number of carbonyl (C=O) groups excluding carboxylic acids is 1. The molecule has 0 spiro atoms. The summed E-state index contributed by atoms with van der Waals surface area (Å²) in [4.78, 5) is 35.9. The van der Waals surface area contributed by atoms with Crippen molar-refractivity contribution in [1.29, 1.82) is 0 Å². The Bertz CT molecular complexity index is 608. The summed E-state index contributed by atoms with van der Waals surface area (Å²) in [6.45, 7) is -0.644. The molecule has 11 nitrogen and oxygen atoms in total. The number of aliphatic hydroxyl groups is 2. The number of carbonyl (C=O) groups is 1. The van der Waals surface area contributed by atoms with Crippen molar-refractivity contribution >= 4 is 13.7 Å². The molecule has 1 aliphatic rings. The second-order valence-corrected chi connectivity index (χ2v) is 5.77. The van der Waals surface area contributed by atoms with E-state index in [2.05, 4.69) is 14.5 Å². The molecule has 4 atom stereocenters. The number of aromatic nitrogens is 2. The van der Waals surface area contributed by atoms with Crippen LogP contribution in [0.2, 0.25) is 0 Å². The first-order valence-electron chi connectivity index (χ1n) is 6.03. The number of ether oxygens (including phenoxy) is 1. The molecule has 1 fully saturated rings. The fourth-order valence-corrected chi connectivity index (χ4v) is 2.26. The van der Waals surface area contributed by atoms with Crippen molar-refractivity contribution in [3.63, 3.8) is 0 Å². The molecule has 0 aromatic carbocycles. The molecule has 12 heteroatoms. The largest absolute Gasteiger partial charge is 0.469 e. The Morgan fingerprint density at radius 3 is 2.68 bits per heavy atom. The SMILES string of the molecule is NC(=O)c1ccnc([C@@H]2O[C@H](COP(=O)(O)O)[C@@H](O)[C@H]2O)n1. The van der Waals surface area contributed by atoms with Crippen molar-refractivity contribution in [3.05, 3.63) is 23.8 Å². The third-order valence-corrected chi connectivity index (χ3v) is 3.44. The molecule has 2 heterocycles. The van der Waals surface area contributed by atoms with E-state index in [9.17, 15) is 19.6 Å². The highest BCUT2D eigenvalue weighted by atomic mass is 31.2. The van der Waals surface area contributed by atoms with Crippen LogP contribution in [0.5, 0.6) is 0 Å². The van der Waals surface area contributed by atoms with Crippen LogP contribution in [0.25, 0.3) is 0 Å². The predicted octanol–water partition coefficient (Wildman–Crippen LogP) is -2.15. The molecule has 0 bridgehead atoms. The van der Waals surface area contributed by atoms with E-state index in [0.29, 0.717) is 0 Å². The number of phosphoric ester groups is 1. The highest BCUT2D eigenvalue weighted by Crippen LogP contribution is 2.38. The fourth-order valence-electron chi connectivity index (χ4n) is 1.92. The highest BCUT2D eigenvalue weighted by Gasteiger charge is 2.45. The van der Waals surface area contributed by atoms with Gasteiger partial charge in [0.2, 0.25) is 0 Å². The zero-order valence-electron chi connectivity index (χ0n) is 11.0. The molecule has 122 valence electrons. The van der Waals surface area contributed by atoms with Crippen LogP contribution < -0.4 is 5.73 Å². The van der Waals surface area contributed by atoms with Gasteiger partial charge >= 0.3 is 7.82 Å². The van der Waals surface area contributed by atoms with Crippen LogP contribution in [0.1, 0.15) is 22.4 Å². The quantitative estimate of drug-likeness (QED) is 0.371. The van der Waals surface area contributed by atoms with Crippen LogP contribution in [-0.2, 0) is 13.8 Å². The fraction of sp³-hybridized carbons (Fsp3) is 0.500. The Hall–Kier alpha value is -1.46. The summed E-state index contributed by atoms with van der Waals surface area (Å²) in [6, 6.07) is 1.26. The van der Waals surface area contributed by atoms with Crippen molar-refractivity contribution in [2.24, 2.45) is 5.73 Å². The molecule has 0 unspecified atom stereocenters. The van der Waals surface area contributed by atoms with Crippen LogP contribution in [0.4, 0.5) is 0 Å². The van der Waals surface area contributed by atoms with Crippen molar-refractivity contribution < 1.29 is 38.6 Å². The lowest BCUT2D eigenvalue weighted by Crippen LogP contribution is -2.33. The van der Waals surface area contributed by atoms with Crippen LogP contribution in [0.15, 0.2) is 12.3 Å². The second-order valence-electron chi connectivity index (χ2n) is 4.53. The molecule has 1 aromatic heterocycles. The minimum Gasteiger partial charge on any atom is -0.387 e. The van der Waals surface area contributed by atoms with E-state index in [-0.39, 0.29) is 11.5 Å². The summed E-state index contributed by atoms with van der Waals surface area (Å²) in [5, 5.41) is 19.7. The van der Waals surface area contributed by atoms with Gasteiger partial charge in [0.05, 0.1) is 6.61 Å². The van der Waals surface area contributed by atoms with Gasteiger partial charge in [-0.3, -0.25) is 9.32 Å². The maximum atomic E-state index is 11.1. The van der Waals surface area contributed by atoms with E-state index in [1.807, 2.05) is 0 Å². The maximum Gasteiger partial charge on any atom is 0.469 e. The van der Waals surface area contributed by atoms with Gasteiger partial charge in [-0.2, -0.15) is 0 Å². The maximum absolute atomic E-state index is 11.1. The zero-order valence-corrected chi connectivity index (χ0v) is 11.9. The molecule has 22 heavy (non-hydrogen) atoms. The van der Waals surface area contributed by atoms with Crippen molar-refractivity contribution in [3.8, 4) is 0 Å². The number of nitrogens with zero attached hydrogens (tertiary/aromatic N) is 2. The van der Waals surface area contributed by atoms with Gasteiger partial charge in [-0.1, -0.05) is 0 Å². The van der Waals surface area contributed by atoms with Gasteiger partial charge in [0.1, 0.15) is 30.1 Å². The summed E-state index contributed by atoms with van der Waals surface area (Å²) < 4.78 is 20.1. The first-order valence-corrected chi connectivity index (χ1v) is 7.56. The molecule has 6 N–H and O–H groups in total. The summed E-state index contributed by atoms with van der Waals surface area (Å²) in [5.74, 6) is -0.903. The van der Waals surface area contributed by atoms with Gasteiger partial charge in [-0.15, -0.1) is 0 Å². The number of aliphatic hydroxyl groups excluding tert-OH is 2. The number of rotatable bonds is 5. The van der Waals surface area contributed by atoms with E-state index in [0.717, 1.165) is 0 Å². The normalized spacial score (nSPS) is 28.7. The third kappa shape index (κ3) is 3.84. The van der Waals surface area contributed by atoms with Crippen LogP contribution >= 0.6 is 7.82 Å². The Balaban J connectivity index is 2.14. The minimum atomic E-state index is -4.74.